The number of pyridine rings is 1. The summed E-state index contributed by atoms with van der Waals surface area (Å²) in [6.45, 7) is 1.85. The SMILES string of the molecule is OC1(Cn2ccnn2)CCN(c2cncc(Br)c2)C1. The van der Waals surface area contributed by atoms with Gasteiger partial charge >= 0.3 is 0 Å². The van der Waals surface area contributed by atoms with Gasteiger partial charge in [0, 0.05) is 30.0 Å². The van der Waals surface area contributed by atoms with Gasteiger partial charge in [-0.15, -0.1) is 5.10 Å². The quantitative estimate of drug-likeness (QED) is 0.915. The molecule has 1 unspecified atom stereocenters. The number of anilines is 1. The molecule has 0 aliphatic carbocycles. The standard InChI is InChI=1S/C12H14BrN5O/c13-10-5-11(7-14-6-10)17-3-1-12(19,8-17)9-18-4-2-15-16-18/h2,4-7,19H,1,3,8-9H2. The molecule has 2 aromatic rings. The van der Waals surface area contributed by atoms with Crippen molar-refractivity contribution < 1.29 is 5.11 Å². The largest absolute Gasteiger partial charge is 0.386 e. The smallest absolute Gasteiger partial charge is 0.103 e. The van der Waals surface area contributed by atoms with Crippen LogP contribution in [0, 0.1) is 0 Å². The second kappa shape index (κ2) is 4.90. The zero-order chi connectivity index (χ0) is 13.3. The Morgan fingerprint density at radius 1 is 1.42 bits per heavy atom. The van der Waals surface area contributed by atoms with Crippen molar-refractivity contribution >= 4 is 21.6 Å². The predicted octanol–water partition coefficient (Wildman–Crippen LogP) is 1.08. The van der Waals surface area contributed by atoms with Gasteiger partial charge in [0.15, 0.2) is 0 Å². The summed E-state index contributed by atoms with van der Waals surface area (Å²) in [5, 5.41) is 18.3. The molecule has 1 aliphatic heterocycles. The van der Waals surface area contributed by atoms with Crippen LogP contribution in [-0.2, 0) is 6.54 Å². The monoisotopic (exact) mass is 323 g/mol. The Labute approximate surface area is 119 Å². The maximum absolute atomic E-state index is 10.6. The number of rotatable bonds is 3. The average molecular weight is 324 g/mol. The van der Waals surface area contributed by atoms with Gasteiger partial charge in [-0.05, 0) is 28.4 Å². The van der Waals surface area contributed by atoms with E-state index in [2.05, 4.69) is 36.1 Å². The molecule has 1 N–H and O–H groups in total. The minimum absolute atomic E-state index is 0.463. The predicted molar refractivity (Wildman–Crippen MR) is 73.7 cm³/mol. The minimum Gasteiger partial charge on any atom is -0.386 e. The molecular formula is C12H14BrN5O. The number of β-amino-alcohol motifs (C(OH)–C–C–N with tert-alkyl or cyclic N) is 1. The van der Waals surface area contributed by atoms with Crippen LogP contribution in [0.5, 0.6) is 0 Å². The van der Waals surface area contributed by atoms with Crippen LogP contribution in [0.1, 0.15) is 6.42 Å². The molecule has 3 rings (SSSR count). The summed E-state index contributed by atoms with van der Waals surface area (Å²) in [4.78, 5) is 6.29. The Morgan fingerprint density at radius 3 is 3.05 bits per heavy atom. The fourth-order valence-corrected chi connectivity index (χ4v) is 2.75. The van der Waals surface area contributed by atoms with E-state index < -0.39 is 5.60 Å². The van der Waals surface area contributed by atoms with Crippen molar-refractivity contribution in [2.24, 2.45) is 0 Å². The third kappa shape index (κ3) is 2.76. The number of nitrogens with zero attached hydrogens (tertiary/aromatic N) is 5. The molecule has 0 spiro atoms. The van der Waals surface area contributed by atoms with Crippen LogP contribution in [-0.4, -0.2) is 43.8 Å². The fraction of sp³-hybridized carbons (Fsp3) is 0.417. The van der Waals surface area contributed by atoms with E-state index in [0.29, 0.717) is 19.5 Å². The summed E-state index contributed by atoms with van der Waals surface area (Å²) in [6.07, 6.45) is 7.65. The van der Waals surface area contributed by atoms with Crippen LogP contribution < -0.4 is 4.90 Å². The van der Waals surface area contributed by atoms with Gasteiger partial charge in [-0.3, -0.25) is 4.98 Å². The van der Waals surface area contributed by atoms with Gasteiger partial charge in [0.05, 0.1) is 24.6 Å². The molecule has 2 aromatic heterocycles. The Hall–Kier alpha value is -1.47. The highest BCUT2D eigenvalue weighted by Gasteiger charge is 2.37. The van der Waals surface area contributed by atoms with E-state index in [1.54, 1.807) is 23.3 Å². The molecule has 0 aromatic carbocycles. The zero-order valence-corrected chi connectivity index (χ0v) is 11.9. The van der Waals surface area contributed by atoms with E-state index in [0.717, 1.165) is 16.7 Å². The highest BCUT2D eigenvalue weighted by Crippen LogP contribution is 2.28. The third-order valence-electron chi connectivity index (χ3n) is 3.32. The topological polar surface area (TPSA) is 67.1 Å². The van der Waals surface area contributed by atoms with Crippen LogP contribution in [0.3, 0.4) is 0 Å². The number of hydrogen-bond acceptors (Lipinski definition) is 5. The van der Waals surface area contributed by atoms with Gasteiger partial charge < -0.3 is 10.0 Å². The average Bonchev–Trinajstić information content (AvgIpc) is 3.00. The molecule has 0 bridgehead atoms. The molecule has 0 amide bonds. The number of hydrogen-bond donors (Lipinski definition) is 1. The maximum atomic E-state index is 10.6. The summed E-state index contributed by atoms with van der Waals surface area (Å²) in [5.41, 5.74) is 0.250. The highest BCUT2D eigenvalue weighted by molar-refractivity contribution is 9.10. The molecule has 1 atom stereocenters. The van der Waals surface area contributed by atoms with Crippen molar-refractivity contribution in [1.29, 1.82) is 0 Å². The van der Waals surface area contributed by atoms with Crippen LogP contribution in [0.4, 0.5) is 5.69 Å². The Balaban J connectivity index is 1.72. The van der Waals surface area contributed by atoms with Gasteiger partial charge in [-0.2, -0.15) is 0 Å². The van der Waals surface area contributed by atoms with Crippen molar-refractivity contribution in [1.82, 2.24) is 20.0 Å². The normalized spacial score (nSPS) is 22.9. The number of aliphatic hydroxyl groups is 1. The van der Waals surface area contributed by atoms with Crippen molar-refractivity contribution in [3.05, 3.63) is 35.3 Å². The van der Waals surface area contributed by atoms with E-state index in [4.69, 9.17) is 0 Å². The Kier molecular flexibility index (Phi) is 3.24. The van der Waals surface area contributed by atoms with Gasteiger partial charge in [-0.25, -0.2) is 4.68 Å². The first kappa shape index (κ1) is 12.6. The first-order valence-electron chi connectivity index (χ1n) is 6.07. The minimum atomic E-state index is -0.768. The summed E-state index contributed by atoms with van der Waals surface area (Å²) in [5.74, 6) is 0. The molecule has 1 saturated heterocycles. The van der Waals surface area contributed by atoms with E-state index in [-0.39, 0.29) is 0 Å². The first-order valence-corrected chi connectivity index (χ1v) is 6.86. The lowest BCUT2D eigenvalue weighted by molar-refractivity contribution is 0.0409. The van der Waals surface area contributed by atoms with Crippen LogP contribution >= 0.6 is 15.9 Å². The van der Waals surface area contributed by atoms with Gasteiger partial charge in [0.2, 0.25) is 0 Å². The van der Waals surface area contributed by atoms with Crippen molar-refractivity contribution in [2.75, 3.05) is 18.0 Å². The summed E-state index contributed by atoms with van der Waals surface area (Å²) >= 11 is 3.41. The van der Waals surface area contributed by atoms with Crippen molar-refractivity contribution in [2.45, 2.75) is 18.6 Å². The molecule has 3 heterocycles. The molecule has 0 saturated carbocycles. The van der Waals surface area contributed by atoms with Gasteiger partial charge in [0.25, 0.3) is 0 Å². The summed E-state index contributed by atoms with van der Waals surface area (Å²) in [6, 6.07) is 2.01. The highest BCUT2D eigenvalue weighted by atomic mass is 79.9. The van der Waals surface area contributed by atoms with Gasteiger partial charge in [-0.1, -0.05) is 5.21 Å². The van der Waals surface area contributed by atoms with Crippen molar-refractivity contribution in [3.63, 3.8) is 0 Å². The summed E-state index contributed by atoms with van der Waals surface area (Å²) < 4.78 is 2.61. The molecule has 6 nitrogen and oxygen atoms in total. The molecule has 19 heavy (non-hydrogen) atoms. The molecule has 7 heteroatoms. The summed E-state index contributed by atoms with van der Waals surface area (Å²) in [7, 11) is 0. The van der Waals surface area contributed by atoms with Crippen molar-refractivity contribution in [3.8, 4) is 0 Å². The van der Waals surface area contributed by atoms with E-state index >= 15 is 0 Å². The third-order valence-corrected chi connectivity index (χ3v) is 3.75. The second-order valence-corrected chi connectivity index (χ2v) is 5.77. The van der Waals surface area contributed by atoms with E-state index in [1.165, 1.54) is 0 Å². The molecule has 100 valence electrons. The Morgan fingerprint density at radius 2 is 2.32 bits per heavy atom. The lowest BCUT2D eigenvalue weighted by Crippen LogP contribution is -2.37. The molecule has 0 radical (unpaired) electrons. The molecule has 1 aliphatic rings. The fourth-order valence-electron chi connectivity index (χ4n) is 2.40. The number of aromatic nitrogens is 4. The van der Waals surface area contributed by atoms with E-state index in [1.807, 2.05) is 12.3 Å². The van der Waals surface area contributed by atoms with Crippen LogP contribution in [0.25, 0.3) is 0 Å². The Bertz CT molecular complexity index is 561. The van der Waals surface area contributed by atoms with Gasteiger partial charge in [0.1, 0.15) is 5.60 Å². The lowest BCUT2D eigenvalue weighted by atomic mass is 10.0. The molecular weight excluding hydrogens is 310 g/mol. The second-order valence-electron chi connectivity index (χ2n) is 4.86. The lowest BCUT2D eigenvalue weighted by Gasteiger charge is -2.24. The number of halogens is 1. The van der Waals surface area contributed by atoms with E-state index in [9.17, 15) is 5.11 Å². The van der Waals surface area contributed by atoms with Crippen LogP contribution in [0.2, 0.25) is 0 Å². The van der Waals surface area contributed by atoms with Crippen LogP contribution in [0.15, 0.2) is 35.3 Å². The zero-order valence-electron chi connectivity index (χ0n) is 10.3. The first-order chi connectivity index (χ1) is 9.15. The molecule has 1 fully saturated rings. The maximum Gasteiger partial charge on any atom is 0.103 e.